The first-order valence-electron chi connectivity index (χ1n) is 6.99. The van der Waals surface area contributed by atoms with Gasteiger partial charge in [0.15, 0.2) is 0 Å². The van der Waals surface area contributed by atoms with Gasteiger partial charge < -0.3 is 0 Å². The zero-order chi connectivity index (χ0) is 14.4. The number of hydrogen-bond donors (Lipinski definition) is 0. The second-order valence-corrected chi connectivity index (χ2v) is 5.37. The average Bonchev–Trinajstić information content (AvgIpc) is 2.44. The van der Waals surface area contributed by atoms with Gasteiger partial charge in [-0.2, -0.15) is 4.99 Å². The summed E-state index contributed by atoms with van der Waals surface area (Å²) >= 11 is 0. The van der Waals surface area contributed by atoms with Crippen LogP contribution >= 0.6 is 0 Å². The Hall–Kier alpha value is -2.02. The molecule has 1 aromatic rings. The van der Waals surface area contributed by atoms with Crippen molar-refractivity contribution >= 4 is 17.8 Å². The lowest BCUT2D eigenvalue weighted by Crippen LogP contribution is -2.25. The van der Waals surface area contributed by atoms with Crippen LogP contribution in [0, 0.1) is 12.8 Å². The van der Waals surface area contributed by atoms with Crippen molar-refractivity contribution in [3.05, 3.63) is 29.3 Å². The second kappa shape index (κ2) is 6.95. The van der Waals surface area contributed by atoms with Crippen molar-refractivity contribution in [1.82, 2.24) is 0 Å². The number of isocyanates is 2. The fourth-order valence-electron chi connectivity index (χ4n) is 2.98. The maximum atomic E-state index is 10.5. The monoisotopic (exact) mass is 270 g/mol. The Morgan fingerprint density at radius 1 is 1.20 bits per heavy atom. The molecule has 0 N–H and O–H groups in total. The number of benzene rings is 1. The van der Waals surface area contributed by atoms with Gasteiger partial charge in [0.25, 0.3) is 0 Å². The molecular weight excluding hydrogens is 252 g/mol. The molecule has 0 saturated heterocycles. The van der Waals surface area contributed by atoms with Gasteiger partial charge in [-0.1, -0.05) is 30.5 Å². The molecule has 0 aromatic heterocycles. The predicted molar refractivity (Wildman–Crippen MR) is 76.5 cm³/mol. The van der Waals surface area contributed by atoms with E-state index in [1.165, 1.54) is 0 Å². The third-order valence-electron chi connectivity index (χ3n) is 3.97. The molecule has 0 spiro atoms. The van der Waals surface area contributed by atoms with Crippen molar-refractivity contribution in [2.24, 2.45) is 15.9 Å². The number of hydrogen-bond acceptors (Lipinski definition) is 4. The Balaban J connectivity index is 2.25. The summed E-state index contributed by atoms with van der Waals surface area (Å²) in [4.78, 5) is 28.8. The molecule has 0 amide bonds. The Kier molecular flexibility index (Phi) is 5.00. The lowest BCUT2D eigenvalue weighted by Gasteiger charge is -2.28. The average molecular weight is 270 g/mol. The molecule has 104 valence electrons. The van der Waals surface area contributed by atoms with Crippen molar-refractivity contribution < 1.29 is 9.59 Å². The molecule has 20 heavy (non-hydrogen) atoms. The highest BCUT2D eigenvalue weighted by atomic mass is 16.1. The topological polar surface area (TPSA) is 58.9 Å². The second-order valence-electron chi connectivity index (χ2n) is 5.37. The molecule has 0 radical (unpaired) electrons. The Bertz CT molecular complexity index is 570. The number of aliphatic imine (C=N–C) groups is 2. The summed E-state index contributed by atoms with van der Waals surface area (Å²) in [5.74, 6) is 0.326. The van der Waals surface area contributed by atoms with Crippen LogP contribution in [0.15, 0.2) is 28.2 Å². The molecule has 0 bridgehead atoms. The molecule has 1 saturated carbocycles. The first-order valence-corrected chi connectivity index (χ1v) is 6.99. The summed E-state index contributed by atoms with van der Waals surface area (Å²) in [6.07, 6.45) is 8.35. The third-order valence-corrected chi connectivity index (χ3v) is 3.97. The third kappa shape index (κ3) is 3.51. The lowest BCUT2D eigenvalue weighted by molar-refractivity contribution is 0.307. The van der Waals surface area contributed by atoms with Gasteiger partial charge in [-0.05, 0) is 43.7 Å². The Morgan fingerprint density at radius 3 is 2.75 bits per heavy atom. The van der Waals surface area contributed by atoms with Gasteiger partial charge in [0.1, 0.15) is 0 Å². The van der Waals surface area contributed by atoms with Crippen molar-refractivity contribution in [3.8, 4) is 0 Å². The van der Waals surface area contributed by atoms with E-state index >= 15 is 0 Å². The van der Waals surface area contributed by atoms with Gasteiger partial charge in [-0.25, -0.2) is 14.6 Å². The van der Waals surface area contributed by atoms with Gasteiger partial charge in [-0.3, -0.25) is 0 Å². The fraction of sp³-hybridized carbons (Fsp3) is 0.500. The van der Waals surface area contributed by atoms with Crippen LogP contribution in [-0.4, -0.2) is 18.2 Å². The molecule has 1 aliphatic rings. The van der Waals surface area contributed by atoms with E-state index in [1.54, 1.807) is 12.2 Å². The molecule has 4 heteroatoms. The zero-order valence-corrected chi connectivity index (χ0v) is 11.6. The molecule has 1 aliphatic carbocycles. The molecule has 2 unspecified atom stereocenters. The van der Waals surface area contributed by atoms with Crippen LogP contribution in [0.2, 0.25) is 0 Å². The van der Waals surface area contributed by atoms with Gasteiger partial charge >= 0.3 is 0 Å². The highest BCUT2D eigenvalue weighted by Gasteiger charge is 2.25. The van der Waals surface area contributed by atoms with Gasteiger partial charge in [0.2, 0.25) is 12.2 Å². The zero-order valence-electron chi connectivity index (χ0n) is 11.6. The first-order chi connectivity index (χ1) is 9.74. The molecule has 1 fully saturated rings. The molecule has 1 aromatic carbocycles. The van der Waals surface area contributed by atoms with E-state index in [-0.39, 0.29) is 6.04 Å². The summed E-state index contributed by atoms with van der Waals surface area (Å²) < 4.78 is 0. The normalized spacial score (nSPS) is 21.6. The van der Waals surface area contributed by atoms with Gasteiger partial charge in [-0.15, -0.1) is 0 Å². The van der Waals surface area contributed by atoms with Crippen molar-refractivity contribution in [2.75, 3.05) is 0 Å². The molecule has 0 aliphatic heterocycles. The van der Waals surface area contributed by atoms with Crippen LogP contribution < -0.4 is 0 Å². The summed E-state index contributed by atoms with van der Waals surface area (Å²) in [7, 11) is 0. The lowest BCUT2D eigenvalue weighted by atomic mass is 9.80. The van der Waals surface area contributed by atoms with E-state index in [4.69, 9.17) is 0 Å². The van der Waals surface area contributed by atoms with E-state index in [2.05, 4.69) is 9.98 Å². The fourth-order valence-corrected chi connectivity index (χ4v) is 2.98. The van der Waals surface area contributed by atoms with Gasteiger partial charge in [0.05, 0.1) is 11.7 Å². The van der Waals surface area contributed by atoms with E-state index in [0.29, 0.717) is 11.6 Å². The maximum Gasteiger partial charge on any atom is 0.240 e. The van der Waals surface area contributed by atoms with Crippen LogP contribution in [0.5, 0.6) is 0 Å². The number of carbonyl (C=O) groups excluding carboxylic acids is 2. The van der Waals surface area contributed by atoms with Crippen LogP contribution in [0.3, 0.4) is 0 Å². The number of nitrogens with zero attached hydrogens (tertiary/aromatic N) is 2. The van der Waals surface area contributed by atoms with E-state index in [9.17, 15) is 9.59 Å². The van der Waals surface area contributed by atoms with Crippen molar-refractivity contribution in [2.45, 2.75) is 45.1 Å². The van der Waals surface area contributed by atoms with Crippen molar-refractivity contribution in [1.29, 1.82) is 0 Å². The standard InChI is InChI=1S/C16H18N2O2/c1-12-6-7-16(18-11-20)14(8-12)9-13-4-2-3-5-15(13)17-10-19/h6-8,13,15H,2-5,9H2,1H3. The SMILES string of the molecule is Cc1ccc(N=C=O)c(CC2CCCCC2N=C=O)c1. The Morgan fingerprint density at radius 2 is 2.00 bits per heavy atom. The summed E-state index contributed by atoms with van der Waals surface area (Å²) in [6.45, 7) is 2.01. The van der Waals surface area contributed by atoms with Crippen LogP contribution in [-0.2, 0) is 16.0 Å². The van der Waals surface area contributed by atoms with E-state index in [1.807, 2.05) is 25.1 Å². The minimum Gasteiger partial charge on any atom is -0.211 e. The summed E-state index contributed by atoms with van der Waals surface area (Å²) in [6, 6.07) is 5.87. The quantitative estimate of drug-likeness (QED) is 0.622. The molecular formula is C16H18N2O2. The Labute approximate surface area is 118 Å². The molecule has 2 rings (SSSR count). The minimum atomic E-state index is 0.0508. The molecule has 2 atom stereocenters. The minimum absolute atomic E-state index is 0.0508. The first kappa shape index (κ1) is 14.4. The number of aryl methyl sites for hydroxylation is 1. The highest BCUT2D eigenvalue weighted by molar-refractivity contribution is 5.54. The van der Waals surface area contributed by atoms with Crippen molar-refractivity contribution in [3.63, 3.8) is 0 Å². The molecule has 4 nitrogen and oxygen atoms in total. The van der Waals surface area contributed by atoms with Crippen LogP contribution in [0.4, 0.5) is 5.69 Å². The van der Waals surface area contributed by atoms with Gasteiger partial charge in [0, 0.05) is 0 Å². The summed E-state index contributed by atoms with van der Waals surface area (Å²) in [5.41, 5.74) is 2.84. The van der Waals surface area contributed by atoms with Crippen LogP contribution in [0.1, 0.15) is 36.8 Å². The van der Waals surface area contributed by atoms with E-state index in [0.717, 1.165) is 43.2 Å². The highest BCUT2D eigenvalue weighted by Crippen LogP contribution is 2.32. The summed E-state index contributed by atoms with van der Waals surface area (Å²) in [5, 5.41) is 0. The maximum absolute atomic E-state index is 10.5. The van der Waals surface area contributed by atoms with Crippen LogP contribution in [0.25, 0.3) is 0 Å². The largest absolute Gasteiger partial charge is 0.240 e. The number of rotatable bonds is 4. The molecule has 0 heterocycles. The predicted octanol–water partition coefficient (Wildman–Crippen LogP) is 3.40. The smallest absolute Gasteiger partial charge is 0.211 e. The van der Waals surface area contributed by atoms with E-state index < -0.39 is 0 Å².